The molecular weight excluding hydrogens is 381 g/mol. The molecule has 3 rings (SSSR count). The molecule has 1 unspecified atom stereocenters. The summed E-state index contributed by atoms with van der Waals surface area (Å²) < 4.78 is 40.8. The molecule has 27 heavy (non-hydrogen) atoms. The Morgan fingerprint density at radius 2 is 1.85 bits per heavy atom. The second-order valence-electron chi connectivity index (χ2n) is 5.72. The molecule has 0 radical (unpaired) electrons. The predicted octanol–water partition coefficient (Wildman–Crippen LogP) is 3.74. The summed E-state index contributed by atoms with van der Waals surface area (Å²) in [5.74, 6) is -0.395. The first kappa shape index (κ1) is 19.1. The fraction of sp³-hybridized carbons (Fsp3) is 0.222. The van der Waals surface area contributed by atoms with Crippen LogP contribution in [0.2, 0.25) is 0 Å². The van der Waals surface area contributed by atoms with E-state index in [4.69, 9.17) is 0 Å². The smallest absolute Gasteiger partial charge is 0.406 e. The molecule has 1 aliphatic rings. The highest BCUT2D eigenvalue weighted by Crippen LogP contribution is 2.27. The maximum atomic E-state index is 12.6. The van der Waals surface area contributed by atoms with E-state index in [0.29, 0.717) is 17.2 Å². The fourth-order valence-electron chi connectivity index (χ4n) is 2.60. The molecule has 0 bridgehead atoms. The zero-order valence-corrected chi connectivity index (χ0v) is 14.7. The van der Waals surface area contributed by atoms with E-state index in [2.05, 4.69) is 10.1 Å². The van der Waals surface area contributed by atoms with Gasteiger partial charge < -0.3 is 15.0 Å². The number of carbonyl (C=O) groups is 2. The maximum absolute atomic E-state index is 12.6. The molecule has 0 aliphatic carbocycles. The Bertz CT molecular complexity index is 830. The zero-order chi connectivity index (χ0) is 19.4. The molecule has 0 aromatic heterocycles. The molecule has 142 valence electrons. The second kappa shape index (κ2) is 7.91. The van der Waals surface area contributed by atoms with Crippen LogP contribution >= 0.6 is 11.8 Å². The Balaban J connectivity index is 1.70. The summed E-state index contributed by atoms with van der Waals surface area (Å²) in [6.45, 7) is 0. The molecule has 2 amide bonds. The van der Waals surface area contributed by atoms with E-state index in [0.717, 1.165) is 12.1 Å². The van der Waals surface area contributed by atoms with E-state index in [9.17, 15) is 22.8 Å². The van der Waals surface area contributed by atoms with Crippen molar-refractivity contribution in [1.82, 2.24) is 4.90 Å². The first-order chi connectivity index (χ1) is 12.8. The average Bonchev–Trinajstić information content (AvgIpc) is 3.10. The molecule has 1 N–H and O–H groups in total. The number of halogens is 3. The lowest BCUT2D eigenvalue weighted by molar-refractivity contribution is -0.274. The number of thioether (sulfide) groups is 1. The Morgan fingerprint density at radius 3 is 2.56 bits per heavy atom. The minimum atomic E-state index is -4.82. The van der Waals surface area contributed by atoms with Crippen LogP contribution in [0, 0.1) is 0 Å². The van der Waals surface area contributed by atoms with Gasteiger partial charge in [-0.05, 0) is 24.3 Å². The molecule has 0 saturated carbocycles. The van der Waals surface area contributed by atoms with Crippen molar-refractivity contribution in [2.45, 2.75) is 12.4 Å². The van der Waals surface area contributed by atoms with Crippen LogP contribution in [0.4, 0.5) is 18.9 Å². The SMILES string of the molecule is O=C(Nc1cccc(OC(F)(F)F)c1)C1CSCN1C(=O)c1ccccc1. The third-order valence-electron chi connectivity index (χ3n) is 3.80. The van der Waals surface area contributed by atoms with E-state index in [1.807, 2.05) is 0 Å². The summed E-state index contributed by atoms with van der Waals surface area (Å²) in [5, 5.41) is 2.55. The molecule has 5 nitrogen and oxygen atoms in total. The lowest BCUT2D eigenvalue weighted by Gasteiger charge is -2.23. The topological polar surface area (TPSA) is 58.6 Å². The van der Waals surface area contributed by atoms with Crippen LogP contribution in [0.15, 0.2) is 54.6 Å². The van der Waals surface area contributed by atoms with Crippen LogP contribution in [0.1, 0.15) is 10.4 Å². The highest BCUT2D eigenvalue weighted by Gasteiger charge is 2.35. The molecule has 1 saturated heterocycles. The van der Waals surface area contributed by atoms with Crippen LogP contribution in [-0.2, 0) is 4.79 Å². The molecule has 1 fully saturated rings. The lowest BCUT2D eigenvalue weighted by Crippen LogP contribution is -2.44. The van der Waals surface area contributed by atoms with E-state index < -0.39 is 24.1 Å². The molecule has 2 aromatic carbocycles. The minimum absolute atomic E-state index is 0.158. The molecule has 1 atom stereocenters. The van der Waals surface area contributed by atoms with E-state index in [1.165, 1.54) is 28.8 Å². The van der Waals surface area contributed by atoms with Gasteiger partial charge in [-0.2, -0.15) is 0 Å². The van der Waals surface area contributed by atoms with Gasteiger partial charge in [0.05, 0.1) is 5.88 Å². The van der Waals surface area contributed by atoms with E-state index in [1.54, 1.807) is 30.3 Å². The highest BCUT2D eigenvalue weighted by molar-refractivity contribution is 7.99. The molecule has 0 spiro atoms. The summed E-state index contributed by atoms with van der Waals surface area (Å²) in [6, 6.07) is 12.9. The van der Waals surface area contributed by atoms with Crippen molar-refractivity contribution in [1.29, 1.82) is 0 Å². The van der Waals surface area contributed by atoms with Crippen LogP contribution in [0.3, 0.4) is 0 Å². The predicted molar refractivity (Wildman–Crippen MR) is 95.5 cm³/mol. The minimum Gasteiger partial charge on any atom is -0.406 e. The number of carbonyl (C=O) groups excluding carboxylic acids is 2. The number of nitrogens with zero attached hydrogens (tertiary/aromatic N) is 1. The van der Waals surface area contributed by atoms with Gasteiger partial charge in [0, 0.05) is 23.1 Å². The Kier molecular flexibility index (Phi) is 5.59. The molecule has 1 heterocycles. The lowest BCUT2D eigenvalue weighted by atomic mass is 10.1. The molecular formula is C18H15F3N2O3S. The number of nitrogens with one attached hydrogen (secondary N) is 1. The summed E-state index contributed by atoms with van der Waals surface area (Å²) in [5.41, 5.74) is 0.629. The van der Waals surface area contributed by atoms with Crippen molar-refractivity contribution in [3.8, 4) is 5.75 Å². The van der Waals surface area contributed by atoms with Crippen molar-refractivity contribution in [3.63, 3.8) is 0 Å². The van der Waals surface area contributed by atoms with E-state index >= 15 is 0 Å². The Labute approximate surface area is 157 Å². The highest BCUT2D eigenvalue weighted by atomic mass is 32.2. The number of benzene rings is 2. The normalized spacial score (nSPS) is 16.9. The van der Waals surface area contributed by atoms with Crippen molar-refractivity contribution in [2.24, 2.45) is 0 Å². The number of alkyl halides is 3. The number of anilines is 1. The third kappa shape index (κ3) is 4.94. The van der Waals surface area contributed by atoms with Gasteiger partial charge in [-0.1, -0.05) is 24.3 Å². The number of rotatable bonds is 4. The Hall–Kier alpha value is -2.68. The van der Waals surface area contributed by atoms with Crippen molar-refractivity contribution in [2.75, 3.05) is 16.9 Å². The van der Waals surface area contributed by atoms with Crippen LogP contribution in [0.25, 0.3) is 0 Å². The molecule has 9 heteroatoms. The standard InChI is InChI=1S/C18H15F3N2O3S/c19-18(20,21)26-14-8-4-7-13(9-14)22-16(24)15-10-27-11-23(15)17(25)12-5-2-1-3-6-12/h1-9,15H,10-11H2,(H,22,24). The van der Waals surface area contributed by atoms with E-state index in [-0.39, 0.29) is 11.6 Å². The van der Waals surface area contributed by atoms with Gasteiger partial charge in [0.1, 0.15) is 11.8 Å². The fourth-order valence-corrected chi connectivity index (χ4v) is 3.76. The molecule has 2 aromatic rings. The van der Waals surface area contributed by atoms with Gasteiger partial charge in [0.15, 0.2) is 0 Å². The first-order valence-corrected chi connectivity index (χ1v) is 9.09. The van der Waals surface area contributed by atoms with Gasteiger partial charge in [0.25, 0.3) is 5.91 Å². The average molecular weight is 396 g/mol. The summed E-state index contributed by atoms with van der Waals surface area (Å²) in [6.07, 6.45) is -4.82. The zero-order valence-electron chi connectivity index (χ0n) is 13.9. The number of hydrogen-bond donors (Lipinski definition) is 1. The second-order valence-corrected chi connectivity index (χ2v) is 6.72. The summed E-state index contributed by atoms with van der Waals surface area (Å²) >= 11 is 1.43. The molecule has 1 aliphatic heterocycles. The maximum Gasteiger partial charge on any atom is 0.573 e. The number of ether oxygens (including phenoxy) is 1. The van der Waals surface area contributed by atoms with Crippen LogP contribution in [0.5, 0.6) is 5.75 Å². The van der Waals surface area contributed by atoms with Crippen LogP contribution < -0.4 is 10.1 Å². The van der Waals surface area contributed by atoms with Gasteiger partial charge in [0.2, 0.25) is 5.91 Å². The van der Waals surface area contributed by atoms with Crippen molar-refractivity contribution in [3.05, 3.63) is 60.2 Å². The van der Waals surface area contributed by atoms with Gasteiger partial charge in [-0.15, -0.1) is 24.9 Å². The Morgan fingerprint density at radius 1 is 1.11 bits per heavy atom. The largest absolute Gasteiger partial charge is 0.573 e. The monoisotopic (exact) mass is 396 g/mol. The summed E-state index contributed by atoms with van der Waals surface area (Å²) in [4.78, 5) is 26.6. The number of amides is 2. The van der Waals surface area contributed by atoms with Crippen molar-refractivity contribution >= 4 is 29.3 Å². The quantitative estimate of drug-likeness (QED) is 0.856. The third-order valence-corrected chi connectivity index (χ3v) is 4.81. The summed E-state index contributed by atoms with van der Waals surface area (Å²) in [7, 11) is 0. The van der Waals surface area contributed by atoms with Crippen molar-refractivity contribution < 1.29 is 27.5 Å². The first-order valence-electron chi connectivity index (χ1n) is 7.94. The van der Waals surface area contributed by atoms with Gasteiger partial charge in [-0.3, -0.25) is 9.59 Å². The number of hydrogen-bond acceptors (Lipinski definition) is 4. The van der Waals surface area contributed by atoms with Gasteiger partial charge >= 0.3 is 6.36 Å². The van der Waals surface area contributed by atoms with Gasteiger partial charge in [-0.25, -0.2) is 0 Å². The van der Waals surface area contributed by atoms with Crippen LogP contribution in [-0.4, -0.2) is 40.7 Å².